The Bertz CT molecular complexity index is 349. The molecular weight excluding hydrogens is 362 g/mol. The Morgan fingerprint density at radius 2 is 1.12 bits per heavy atom. The minimum atomic E-state index is -1.84. The van der Waals surface area contributed by atoms with Gasteiger partial charge in [0.05, 0.1) is 0 Å². The van der Waals surface area contributed by atoms with Crippen molar-refractivity contribution in [3.05, 3.63) is 17.5 Å². The van der Waals surface area contributed by atoms with Crippen molar-refractivity contribution in [3.63, 3.8) is 0 Å². The lowest BCUT2D eigenvalue weighted by atomic mass is 10.5. The molecule has 1 aromatic rings. The monoisotopic (exact) mass is 361 g/mol. The van der Waals surface area contributed by atoms with Gasteiger partial charge in [-0.1, -0.05) is 81.2 Å². The van der Waals surface area contributed by atoms with Crippen LogP contribution in [0.4, 0.5) is 0 Å². The predicted octanol–water partition coefficient (Wildman–Crippen LogP) is 4.65. The van der Waals surface area contributed by atoms with Crippen molar-refractivity contribution in [2.45, 2.75) is 13.5 Å². The zero-order valence-electron chi connectivity index (χ0n) is 7.14. The molecule has 0 atom stereocenters. The van der Waals surface area contributed by atoms with Gasteiger partial charge in [-0.2, -0.15) is 0 Å². The fraction of sp³-hybridized carbons (Fsp3) is 0.500. The normalized spacial score (nSPS) is 12.6. The van der Waals surface area contributed by atoms with Gasteiger partial charge in [-0.15, -0.1) is 0 Å². The van der Waals surface area contributed by atoms with Crippen LogP contribution in [0, 0.1) is 0 Å². The lowest BCUT2D eigenvalue weighted by molar-refractivity contribution is 0.815. The highest BCUT2D eigenvalue weighted by Crippen LogP contribution is 2.37. The molecule has 0 amide bonds. The van der Waals surface area contributed by atoms with Crippen molar-refractivity contribution in [2.75, 3.05) is 0 Å². The van der Waals surface area contributed by atoms with Gasteiger partial charge >= 0.3 is 0 Å². The number of alkyl halides is 7. The molecule has 0 aliphatic carbocycles. The van der Waals surface area contributed by atoms with E-state index in [1.807, 2.05) is 0 Å². The molecule has 16 heavy (non-hydrogen) atoms. The summed E-state index contributed by atoms with van der Waals surface area (Å²) in [6.45, 7) is 0. The van der Waals surface area contributed by atoms with Gasteiger partial charge in [-0.3, -0.25) is 0 Å². The van der Waals surface area contributed by atoms with Crippen LogP contribution in [0.15, 0.2) is 0 Å². The molecular formula is C6H2Cl7N3. The number of hydrogen-bond acceptors (Lipinski definition) is 3. The van der Waals surface area contributed by atoms with Crippen molar-refractivity contribution < 1.29 is 0 Å². The molecule has 1 heterocycles. The zero-order chi connectivity index (χ0) is 12.5. The molecule has 1 aromatic heterocycles. The van der Waals surface area contributed by atoms with Gasteiger partial charge in [0.2, 0.25) is 3.79 Å². The summed E-state index contributed by atoms with van der Waals surface area (Å²) >= 11 is 39.2. The number of rotatable bonds is 2. The molecule has 0 radical (unpaired) electrons. The summed E-state index contributed by atoms with van der Waals surface area (Å²) in [6, 6.07) is 0. The van der Waals surface area contributed by atoms with Gasteiger partial charge < -0.3 is 0 Å². The molecule has 0 N–H and O–H groups in total. The summed E-state index contributed by atoms with van der Waals surface area (Å²) in [5.74, 6) is -0.114. The van der Waals surface area contributed by atoms with Gasteiger partial charge in [-0.25, -0.2) is 15.0 Å². The Balaban J connectivity index is 3.30. The Morgan fingerprint density at radius 3 is 1.38 bits per heavy atom. The van der Waals surface area contributed by atoms with Crippen molar-refractivity contribution in [1.29, 1.82) is 0 Å². The Kier molecular flexibility index (Phi) is 5.46. The maximum absolute atomic E-state index is 5.62. The van der Waals surface area contributed by atoms with E-state index < -0.39 is 13.5 Å². The van der Waals surface area contributed by atoms with E-state index >= 15 is 0 Å². The van der Waals surface area contributed by atoms with E-state index in [0.29, 0.717) is 0 Å². The third kappa shape index (κ3) is 4.05. The minimum absolute atomic E-state index is 0.0148. The molecule has 0 aliphatic rings. The molecule has 0 saturated carbocycles. The van der Waals surface area contributed by atoms with E-state index in [1.165, 1.54) is 0 Å². The van der Waals surface area contributed by atoms with E-state index in [-0.39, 0.29) is 17.5 Å². The van der Waals surface area contributed by atoms with Gasteiger partial charge in [-0.05, 0) is 0 Å². The molecule has 0 bridgehead atoms. The van der Waals surface area contributed by atoms with E-state index in [9.17, 15) is 0 Å². The van der Waals surface area contributed by atoms with E-state index in [4.69, 9.17) is 81.2 Å². The summed E-state index contributed by atoms with van der Waals surface area (Å²) in [4.78, 5) is 9.39. The Labute approximate surface area is 126 Å². The van der Waals surface area contributed by atoms with Crippen LogP contribution in [-0.2, 0) is 3.79 Å². The van der Waals surface area contributed by atoms with Crippen LogP contribution in [0.1, 0.15) is 27.1 Å². The van der Waals surface area contributed by atoms with Crippen molar-refractivity contribution in [3.8, 4) is 0 Å². The van der Waals surface area contributed by atoms with Gasteiger partial charge in [0.15, 0.2) is 27.1 Å². The highest BCUT2D eigenvalue weighted by Gasteiger charge is 2.29. The summed E-state index contributed by atoms with van der Waals surface area (Å²) in [5.41, 5.74) is 0. The second-order valence-corrected chi connectivity index (χ2v) is 6.95. The highest BCUT2D eigenvalue weighted by molar-refractivity contribution is 6.66. The van der Waals surface area contributed by atoms with Crippen LogP contribution in [-0.4, -0.2) is 15.0 Å². The topological polar surface area (TPSA) is 38.7 Å². The summed E-state index contributed by atoms with van der Waals surface area (Å²) in [7, 11) is 0. The maximum Gasteiger partial charge on any atom is 0.250 e. The first kappa shape index (κ1) is 15.1. The molecule has 0 spiro atoms. The summed E-state index contributed by atoms with van der Waals surface area (Å²) in [6.07, 6.45) is 0. The first-order valence-electron chi connectivity index (χ1n) is 3.61. The molecule has 0 fully saturated rings. The Morgan fingerprint density at radius 1 is 0.750 bits per heavy atom. The minimum Gasteiger partial charge on any atom is -0.212 e. The third-order valence-corrected chi connectivity index (χ3v) is 2.60. The Hall–Kier alpha value is 1.04. The average molecular weight is 364 g/mol. The van der Waals surface area contributed by atoms with E-state index in [1.54, 1.807) is 0 Å². The number of aromatic nitrogens is 3. The van der Waals surface area contributed by atoms with Crippen LogP contribution in [0.25, 0.3) is 0 Å². The van der Waals surface area contributed by atoms with Crippen LogP contribution >= 0.6 is 81.2 Å². The fourth-order valence-electron chi connectivity index (χ4n) is 0.731. The van der Waals surface area contributed by atoms with Crippen molar-refractivity contribution >= 4 is 81.2 Å². The SMILES string of the molecule is ClC(Cl)c1nc(C(Cl)Cl)nc(C(Cl)(Cl)Cl)n1. The molecule has 0 unspecified atom stereocenters. The molecule has 0 saturated heterocycles. The first-order valence-corrected chi connectivity index (χ1v) is 6.49. The predicted molar refractivity (Wildman–Crippen MR) is 68.0 cm³/mol. The van der Waals surface area contributed by atoms with Gasteiger partial charge in [0, 0.05) is 0 Å². The smallest absolute Gasteiger partial charge is 0.212 e. The highest BCUT2D eigenvalue weighted by atomic mass is 35.6. The number of nitrogens with zero attached hydrogens (tertiary/aromatic N) is 3. The maximum atomic E-state index is 5.62. The fourth-order valence-corrected chi connectivity index (χ4v) is 1.38. The number of halogens is 7. The second-order valence-electron chi connectivity index (χ2n) is 2.47. The molecule has 3 nitrogen and oxygen atoms in total. The molecule has 0 aliphatic heterocycles. The molecule has 0 aromatic carbocycles. The lowest BCUT2D eigenvalue weighted by Crippen LogP contribution is -2.14. The molecule has 90 valence electrons. The van der Waals surface area contributed by atoms with Crippen LogP contribution < -0.4 is 0 Å². The van der Waals surface area contributed by atoms with Crippen molar-refractivity contribution in [1.82, 2.24) is 15.0 Å². The largest absolute Gasteiger partial charge is 0.250 e. The molecule has 10 heteroatoms. The number of hydrogen-bond donors (Lipinski definition) is 0. The summed E-state index contributed by atoms with van der Waals surface area (Å²) < 4.78 is -1.84. The average Bonchev–Trinajstić information content (AvgIpc) is 2.15. The summed E-state index contributed by atoms with van der Waals surface area (Å²) in [5, 5.41) is 0. The van der Waals surface area contributed by atoms with Crippen LogP contribution in [0.5, 0.6) is 0 Å². The lowest BCUT2D eigenvalue weighted by Gasteiger charge is -2.12. The third-order valence-electron chi connectivity index (χ3n) is 1.31. The van der Waals surface area contributed by atoms with E-state index in [0.717, 1.165) is 0 Å². The quantitative estimate of drug-likeness (QED) is 0.717. The van der Waals surface area contributed by atoms with Crippen LogP contribution in [0.3, 0.4) is 0 Å². The van der Waals surface area contributed by atoms with Gasteiger partial charge in [0.1, 0.15) is 0 Å². The molecule has 1 rings (SSSR count). The van der Waals surface area contributed by atoms with Gasteiger partial charge in [0.25, 0.3) is 0 Å². The zero-order valence-corrected chi connectivity index (χ0v) is 12.4. The standard InChI is InChI=1S/C6H2Cl7N3/c7-1(8)3-14-4(2(9)10)16-5(15-3)6(11,12)13/h1-2H. The first-order chi connectivity index (χ1) is 7.21. The van der Waals surface area contributed by atoms with Crippen molar-refractivity contribution in [2.24, 2.45) is 0 Å². The van der Waals surface area contributed by atoms with E-state index in [2.05, 4.69) is 15.0 Å². The second kappa shape index (κ2) is 5.79. The van der Waals surface area contributed by atoms with Crippen LogP contribution in [0.2, 0.25) is 0 Å².